The summed E-state index contributed by atoms with van der Waals surface area (Å²) in [5.74, 6) is 1.06. The fourth-order valence-electron chi connectivity index (χ4n) is 2.14. The highest BCUT2D eigenvalue weighted by Gasteiger charge is 2.26. The van der Waals surface area contributed by atoms with Crippen LogP contribution in [-0.2, 0) is 4.79 Å². The maximum Gasteiger partial charge on any atom is 0.137 e. The molecule has 0 bridgehead atoms. The zero-order valence-electron chi connectivity index (χ0n) is 10.4. The van der Waals surface area contributed by atoms with E-state index in [1.165, 1.54) is 12.8 Å². The molecule has 2 nitrogen and oxygen atoms in total. The zero-order chi connectivity index (χ0) is 12.3. The van der Waals surface area contributed by atoms with Gasteiger partial charge >= 0.3 is 0 Å². The molecule has 2 heteroatoms. The lowest BCUT2D eigenvalue weighted by atomic mass is 9.89. The van der Waals surface area contributed by atoms with Crippen molar-refractivity contribution in [3.05, 3.63) is 35.9 Å². The molecule has 1 saturated carbocycles. The summed E-state index contributed by atoms with van der Waals surface area (Å²) in [6.07, 6.45) is 4.38. The van der Waals surface area contributed by atoms with Gasteiger partial charge in [-0.25, -0.2) is 0 Å². The van der Waals surface area contributed by atoms with Crippen LogP contribution in [0.15, 0.2) is 30.3 Å². The third-order valence-corrected chi connectivity index (χ3v) is 3.73. The van der Waals surface area contributed by atoms with Crippen molar-refractivity contribution in [2.75, 3.05) is 0 Å². The van der Waals surface area contributed by atoms with Crippen molar-refractivity contribution in [3.63, 3.8) is 0 Å². The Balaban J connectivity index is 1.89. The monoisotopic (exact) mass is 231 g/mol. The van der Waals surface area contributed by atoms with Crippen LogP contribution < -0.4 is 5.73 Å². The van der Waals surface area contributed by atoms with Crippen LogP contribution in [0.2, 0.25) is 0 Å². The molecule has 1 fully saturated rings. The molecule has 1 aliphatic carbocycles. The maximum absolute atomic E-state index is 12.0. The molecule has 92 valence electrons. The number of rotatable bonds is 6. The lowest BCUT2D eigenvalue weighted by Gasteiger charge is -2.19. The van der Waals surface area contributed by atoms with Crippen LogP contribution >= 0.6 is 0 Å². The molecule has 0 aliphatic heterocycles. The van der Waals surface area contributed by atoms with Crippen LogP contribution in [0.25, 0.3) is 0 Å². The molecule has 1 aromatic carbocycles. The number of nitrogens with two attached hydrogens (primary N) is 1. The Bertz CT molecular complexity index is 370. The second-order valence-corrected chi connectivity index (χ2v) is 5.17. The minimum absolute atomic E-state index is 0.0730. The van der Waals surface area contributed by atoms with Gasteiger partial charge in [0.05, 0.1) is 0 Å². The topological polar surface area (TPSA) is 43.1 Å². The minimum atomic E-state index is -0.164. The molecule has 0 spiro atoms. The van der Waals surface area contributed by atoms with Gasteiger partial charge < -0.3 is 5.73 Å². The van der Waals surface area contributed by atoms with Crippen molar-refractivity contribution in [1.82, 2.24) is 0 Å². The lowest BCUT2D eigenvalue weighted by molar-refractivity contribution is -0.123. The van der Waals surface area contributed by atoms with Crippen LogP contribution in [0.5, 0.6) is 0 Å². The van der Waals surface area contributed by atoms with E-state index in [0.29, 0.717) is 12.2 Å². The second kappa shape index (κ2) is 5.46. The average molecular weight is 231 g/mol. The van der Waals surface area contributed by atoms with Gasteiger partial charge in [-0.05, 0) is 17.9 Å². The average Bonchev–Trinajstić information content (AvgIpc) is 3.19. The van der Waals surface area contributed by atoms with E-state index in [-0.39, 0.29) is 12.0 Å². The van der Waals surface area contributed by atoms with Gasteiger partial charge in [-0.2, -0.15) is 0 Å². The van der Waals surface area contributed by atoms with Crippen molar-refractivity contribution in [2.24, 2.45) is 17.6 Å². The van der Waals surface area contributed by atoms with Gasteiger partial charge in [0.15, 0.2) is 0 Å². The third kappa shape index (κ3) is 3.40. The molecule has 0 amide bonds. The minimum Gasteiger partial charge on any atom is -0.323 e. The van der Waals surface area contributed by atoms with Crippen LogP contribution in [0.1, 0.15) is 44.2 Å². The highest BCUT2D eigenvalue weighted by molar-refractivity contribution is 5.81. The molecule has 1 aliphatic rings. The third-order valence-electron chi connectivity index (χ3n) is 3.73. The summed E-state index contributed by atoms with van der Waals surface area (Å²) in [6.45, 7) is 1.95. The van der Waals surface area contributed by atoms with Gasteiger partial charge in [-0.1, -0.05) is 50.1 Å². The van der Waals surface area contributed by atoms with Gasteiger partial charge in [0, 0.05) is 18.4 Å². The summed E-state index contributed by atoms with van der Waals surface area (Å²) in [5, 5.41) is 0. The SMILES string of the molecule is CC(C(=O)CCC1CC1)C(N)c1ccccc1. The summed E-state index contributed by atoms with van der Waals surface area (Å²) in [6, 6.07) is 9.73. The molecule has 2 unspecified atom stereocenters. The van der Waals surface area contributed by atoms with Crippen LogP contribution in [0, 0.1) is 11.8 Å². The number of Topliss-reactive ketones (excluding diaryl/α,β-unsaturated/α-hetero) is 1. The summed E-state index contributed by atoms with van der Waals surface area (Å²) < 4.78 is 0. The molecule has 1 aromatic rings. The Labute approximate surface area is 103 Å². The number of ketones is 1. The fourth-order valence-corrected chi connectivity index (χ4v) is 2.14. The van der Waals surface area contributed by atoms with Crippen molar-refractivity contribution >= 4 is 5.78 Å². The molecule has 17 heavy (non-hydrogen) atoms. The smallest absolute Gasteiger partial charge is 0.137 e. The van der Waals surface area contributed by atoms with Crippen LogP contribution in [0.4, 0.5) is 0 Å². The standard InChI is InChI=1S/C15H21NO/c1-11(14(17)10-9-12-7-8-12)15(16)13-5-3-2-4-6-13/h2-6,11-12,15H,7-10,16H2,1H3. The number of carbonyl (C=O) groups is 1. The van der Waals surface area contributed by atoms with Crippen molar-refractivity contribution in [3.8, 4) is 0 Å². The first-order valence-electron chi connectivity index (χ1n) is 6.51. The Morgan fingerprint density at radius 3 is 2.59 bits per heavy atom. The Morgan fingerprint density at radius 2 is 2.00 bits per heavy atom. The molecule has 2 atom stereocenters. The summed E-state index contributed by atoms with van der Waals surface area (Å²) in [5.41, 5.74) is 7.20. The number of hydrogen-bond acceptors (Lipinski definition) is 2. The van der Waals surface area contributed by atoms with Crippen LogP contribution in [0.3, 0.4) is 0 Å². The number of hydrogen-bond donors (Lipinski definition) is 1. The van der Waals surface area contributed by atoms with E-state index < -0.39 is 0 Å². The predicted octanol–water partition coefficient (Wildman–Crippen LogP) is 3.08. The molecule has 2 N–H and O–H groups in total. The highest BCUT2D eigenvalue weighted by atomic mass is 16.1. The second-order valence-electron chi connectivity index (χ2n) is 5.17. The van der Waals surface area contributed by atoms with E-state index in [9.17, 15) is 4.79 Å². The van der Waals surface area contributed by atoms with Gasteiger partial charge in [0.1, 0.15) is 5.78 Å². The summed E-state index contributed by atoms with van der Waals surface area (Å²) in [7, 11) is 0. The van der Waals surface area contributed by atoms with Gasteiger partial charge in [-0.3, -0.25) is 4.79 Å². The van der Waals surface area contributed by atoms with Crippen molar-refractivity contribution in [2.45, 2.75) is 38.6 Å². The molecule has 0 heterocycles. The van der Waals surface area contributed by atoms with E-state index in [2.05, 4.69) is 0 Å². The number of carbonyl (C=O) groups excluding carboxylic acids is 1. The molecular weight excluding hydrogens is 210 g/mol. The first-order chi connectivity index (χ1) is 8.18. The van der Waals surface area contributed by atoms with Crippen molar-refractivity contribution in [1.29, 1.82) is 0 Å². The highest BCUT2D eigenvalue weighted by Crippen LogP contribution is 2.34. The Hall–Kier alpha value is -1.15. The Kier molecular flexibility index (Phi) is 3.95. The molecular formula is C15H21NO. The quantitative estimate of drug-likeness (QED) is 0.817. The summed E-state index contributed by atoms with van der Waals surface area (Å²) >= 11 is 0. The first-order valence-corrected chi connectivity index (χ1v) is 6.51. The lowest BCUT2D eigenvalue weighted by Crippen LogP contribution is -2.26. The van der Waals surface area contributed by atoms with E-state index in [4.69, 9.17) is 5.73 Å². The summed E-state index contributed by atoms with van der Waals surface area (Å²) in [4.78, 5) is 12.0. The number of benzene rings is 1. The van der Waals surface area contributed by atoms with Gasteiger partial charge in [0.25, 0.3) is 0 Å². The van der Waals surface area contributed by atoms with E-state index in [1.807, 2.05) is 37.3 Å². The molecule has 0 aromatic heterocycles. The van der Waals surface area contributed by atoms with Crippen LogP contribution in [-0.4, -0.2) is 5.78 Å². The van der Waals surface area contributed by atoms with E-state index in [0.717, 1.165) is 17.9 Å². The predicted molar refractivity (Wildman–Crippen MR) is 69.5 cm³/mol. The zero-order valence-corrected chi connectivity index (χ0v) is 10.4. The van der Waals surface area contributed by atoms with E-state index in [1.54, 1.807) is 0 Å². The normalized spacial score (nSPS) is 18.7. The largest absolute Gasteiger partial charge is 0.323 e. The Morgan fingerprint density at radius 1 is 1.35 bits per heavy atom. The van der Waals surface area contributed by atoms with Gasteiger partial charge in [0.2, 0.25) is 0 Å². The fraction of sp³-hybridized carbons (Fsp3) is 0.533. The van der Waals surface area contributed by atoms with Crippen molar-refractivity contribution < 1.29 is 4.79 Å². The van der Waals surface area contributed by atoms with E-state index >= 15 is 0 Å². The van der Waals surface area contributed by atoms with Gasteiger partial charge in [-0.15, -0.1) is 0 Å². The molecule has 0 saturated heterocycles. The maximum atomic E-state index is 12.0. The molecule has 0 radical (unpaired) electrons. The molecule has 2 rings (SSSR count). The first kappa shape index (κ1) is 12.3.